The highest BCUT2D eigenvalue weighted by Gasteiger charge is 2.10. The third-order valence-electron chi connectivity index (χ3n) is 2.93. The summed E-state index contributed by atoms with van der Waals surface area (Å²) < 4.78 is 14.5. The Balaban J connectivity index is 2.20. The van der Waals surface area contributed by atoms with E-state index in [1.165, 1.54) is 12.1 Å². The fourth-order valence-electron chi connectivity index (χ4n) is 2.03. The van der Waals surface area contributed by atoms with Gasteiger partial charge < -0.3 is 4.98 Å². The van der Waals surface area contributed by atoms with Crippen molar-refractivity contribution in [3.05, 3.63) is 51.2 Å². The molecule has 96 valence electrons. The first-order valence-electron chi connectivity index (χ1n) is 5.66. The number of H-pyrrole nitrogens is 1. The molecule has 0 saturated heterocycles. The van der Waals surface area contributed by atoms with Crippen molar-refractivity contribution in [3.8, 4) is 11.4 Å². The van der Waals surface area contributed by atoms with Gasteiger partial charge in [-0.1, -0.05) is 27.5 Å². The van der Waals surface area contributed by atoms with Gasteiger partial charge in [-0.15, -0.1) is 0 Å². The number of benzene rings is 2. The van der Waals surface area contributed by atoms with Crippen molar-refractivity contribution < 1.29 is 4.39 Å². The third kappa shape index (κ3) is 2.26. The van der Waals surface area contributed by atoms with Gasteiger partial charge in [-0.05, 0) is 42.8 Å². The lowest BCUT2D eigenvalue weighted by Crippen LogP contribution is -1.83. The van der Waals surface area contributed by atoms with Crippen molar-refractivity contribution in [2.24, 2.45) is 0 Å². The number of fused-ring (bicyclic) bond motifs is 1. The molecule has 2 nitrogen and oxygen atoms in total. The summed E-state index contributed by atoms with van der Waals surface area (Å²) >= 11 is 9.13. The smallest absolute Gasteiger partial charge is 0.142 e. The van der Waals surface area contributed by atoms with Gasteiger partial charge in [0.25, 0.3) is 0 Å². The molecule has 0 unspecified atom stereocenters. The average molecular weight is 340 g/mol. The van der Waals surface area contributed by atoms with Crippen molar-refractivity contribution >= 4 is 38.6 Å². The van der Waals surface area contributed by atoms with Gasteiger partial charge in [0, 0.05) is 10.0 Å². The van der Waals surface area contributed by atoms with E-state index in [1.807, 2.05) is 19.1 Å². The van der Waals surface area contributed by atoms with Crippen molar-refractivity contribution in [3.63, 3.8) is 0 Å². The molecule has 1 N–H and O–H groups in total. The van der Waals surface area contributed by atoms with E-state index in [9.17, 15) is 4.39 Å². The summed E-state index contributed by atoms with van der Waals surface area (Å²) in [6, 6.07) is 8.60. The SMILES string of the molecule is Cc1cc(Br)cc2[nH]c(-c3ccc(Cl)c(F)c3)nc12. The Morgan fingerprint density at radius 2 is 2.05 bits per heavy atom. The van der Waals surface area contributed by atoms with Crippen molar-refractivity contribution in [1.29, 1.82) is 0 Å². The molecule has 0 fully saturated rings. The topological polar surface area (TPSA) is 28.7 Å². The van der Waals surface area contributed by atoms with E-state index >= 15 is 0 Å². The first-order chi connectivity index (χ1) is 9.04. The Kier molecular flexibility index (Phi) is 3.07. The minimum atomic E-state index is -0.447. The summed E-state index contributed by atoms with van der Waals surface area (Å²) in [5.41, 5.74) is 3.53. The van der Waals surface area contributed by atoms with E-state index in [0.717, 1.165) is 21.1 Å². The molecule has 0 atom stereocenters. The summed E-state index contributed by atoms with van der Waals surface area (Å²) in [5.74, 6) is 0.185. The monoisotopic (exact) mass is 338 g/mol. The Morgan fingerprint density at radius 3 is 2.79 bits per heavy atom. The normalized spacial score (nSPS) is 11.2. The second kappa shape index (κ2) is 4.62. The minimum Gasteiger partial charge on any atom is -0.338 e. The predicted octanol–water partition coefficient (Wildman–Crippen LogP) is 5.09. The first kappa shape index (κ1) is 12.6. The molecule has 0 aliphatic rings. The Bertz CT molecular complexity index is 782. The lowest BCUT2D eigenvalue weighted by Gasteiger charge is -1.98. The van der Waals surface area contributed by atoms with Crippen LogP contribution >= 0.6 is 27.5 Å². The minimum absolute atomic E-state index is 0.110. The van der Waals surface area contributed by atoms with Crippen LogP contribution in [0.2, 0.25) is 5.02 Å². The molecule has 0 spiro atoms. The second-order valence-electron chi connectivity index (χ2n) is 4.33. The molecule has 0 aliphatic heterocycles. The molecule has 2 aromatic carbocycles. The average Bonchev–Trinajstić information content (AvgIpc) is 2.76. The third-order valence-corrected chi connectivity index (χ3v) is 3.70. The number of nitrogens with zero attached hydrogens (tertiary/aromatic N) is 1. The zero-order valence-electron chi connectivity index (χ0n) is 9.97. The number of hydrogen-bond donors (Lipinski definition) is 1. The van der Waals surface area contributed by atoms with Crippen LogP contribution in [0.25, 0.3) is 22.4 Å². The number of aromatic amines is 1. The highest BCUT2D eigenvalue weighted by Crippen LogP contribution is 2.27. The molecule has 0 aliphatic carbocycles. The van der Waals surface area contributed by atoms with Gasteiger partial charge in [-0.3, -0.25) is 0 Å². The molecule has 0 saturated carbocycles. The lowest BCUT2D eigenvalue weighted by atomic mass is 10.2. The summed E-state index contributed by atoms with van der Waals surface area (Å²) in [6.07, 6.45) is 0. The maximum atomic E-state index is 13.5. The number of aromatic nitrogens is 2. The van der Waals surface area contributed by atoms with Crippen LogP contribution in [0, 0.1) is 12.7 Å². The van der Waals surface area contributed by atoms with Gasteiger partial charge in [0.15, 0.2) is 0 Å². The fourth-order valence-corrected chi connectivity index (χ4v) is 2.72. The van der Waals surface area contributed by atoms with Gasteiger partial charge in [0.1, 0.15) is 11.6 Å². The van der Waals surface area contributed by atoms with Crippen LogP contribution in [0.5, 0.6) is 0 Å². The molecule has 0 bridgehead atoms. The molecule has 3 rings (SSSR count). The molecule has 3 aromatic rings. The summed E-state index contributed by atoms with van der Waals surface area (Å²) in [5, 5.41) is 0.110. The molecule has 5 heteroatoms. The number of rotatable bonds is 1. The standard InChI is InChI=1S/C14H9BrClFN2/c1-7-4-9(15)6-12-13(7)19-14(18-12)8-2-3-10(16)11(17)5-8/h2-6H,1H3,(H,18,19). The van der Waals surface area contributed by atoms with E-state index in [-0.39, 0.29) is 5.02 Å². The molecule has 0 amide bonds. The van der Waals surface area contributed by atoms with Gasteiger partial charge in [0.05, 0.1) is 16.1 Å². The molecule has 0 radical (unpaired) electrons. The van der Waals surface area contributed by atoms with Crippen LogP contribution in [0.1, 0.15) is 5.56 Å². The van der Waals surface area contributed by atoms with Crippen LogP contribution in [-0.4, -0.2) is 9.97 Å². The summed E-state index contributed by atoms with van der Waals surface area (Å²) in [7, 11) is 0. The zero-order chi connectivity index (χ0) is 13.6. The Hall–Kier alpha value is -1.39. The maximum absolute atomic E-state index is 13.5. The maximum Gasteiger partial charge on any atom is 0.142 e. The van der Waals surface area contributed by atoms with Crippen LogP contribution in [0.3, 0.4) is 0 Å². The van der Waals surface area contributed by atoms with Crippen LogP contribution in [0.4, 0.5) is 4.39 Å². The molecule has 1 aromatic heterocycles. The summed E-state index contributed by atoms with van der Waals surface area (Å²) in [6.45, 7) is 1.99. The molecular weight excluding hydrogens is 331 g/mol. The Morgan fingerprint density at radius 1 is 1.26 bits per heavy atom. The summed E-state index contributed by atoms with van der Waals surface area (Å²) in [4.78, 5) is 7.70. The van der Waals surface area contributed by atoms with Crippen molar-refractivity contribution in [2.75, 3.05) is 0 Å². The van der Waals surface area contributed by atoms with Gasteiger partial charge in [-0.2, -0.15) is 0 Å². The largest absolute Gasteiger partial charge is 0.338 e. The van der Waals surface area contributed by atoms with Gasteiger partial charge in [-0.25, -0.2) is 9.37 Å². The number of nitrogens with one attached hydrogen (secondary N) is 1. The van der Waals surface area contributed by atoms with E-state index in [4.69, 9.17) is 11.6 Å². The van der Waals surface area contributed by atoms with Crippen molar-refractivity contribution in [1.82, 2.24) is 9.97 Å². The molecular formula is C14H9BrClFN2. The second-order valence-corrected chi connectivity index (χ2v) is 5.66. The van der Waals surface area contributed by atoms with Crippen molar-refractivity contribution in [2.45, 2.75) is 6.92 Å². The van der Waals surface area contributed by atoms with E-state index in [2.05, 4.69) is 25.9 Å². The predicted molar refractivity (Wildman–Crippen MR) is 78.9 cm³/mol. The first-order valence-corrected chi connectivity index (χ1v) is 6.83. The van der Waals surface area contributed by atoms with E-state index < -0.39 is 5.82 Å². The van der Waals surface area contributed by atoms with E-state index in [1.54, 1.807) is 6.07 Å². The number of aryl methyl sites for hydroxylation is 1. The van der Waals surface area contributed by atoms with E-state index in [0.29, 0.717) is 11.4 Å². The van der Waals surface area contributed by atoms with Crippen LogP contribution in [-0.2, 0) is 0 Å². The highest BCUT2D eigenvalue weighted by molar-refractivity contribution is 9.10. The lowest BCUT2D eigenvalue weighted by molar-refractivity contribution is 0.628. The Labute approximate surface area is 122 Å². The number of imidazole rings is 1. The zero-order valence-corrected chi connectivity index (χ0v) is 12.3. The highest BCUT2D eigenvalue weighted by atomic mass is 79.9. The van der Waals surface area contributed by atoms with Crippen LogP contribution < -0.4 is 0 Å². The van der Waals surface area contributed by atoms with Gasteiger partial charge in [0.2, 0.25) is 0 Å². The van der Waals surface area contributed by atoms with Gasteiger partial charge >= 0.3 is 0 Å². The molecule has 1 heterocycles. The number of hydrogen-bond acceptors (Lipinski definition) is 1. The fraction of sp³-hybridized carbons (Fsp3) is 0.0714. The molecule has 19 heavy (non-hydrogen) atoms. The van der Waals surface area contributed by atoms with Crippen LogP contribution in [0.15, 0.2) is 34.8 Å². The number of halogens is 3. The quantitative estimate of drug-likeness (QED) is 0.657.